The third-order valence-electron chi connectivity index (χ3n) is 3.28. The molecule has 1 aliphatic carbocycles. The SMILES string of the molecule is O=C(O)C(O)CNC(=O)C1CCCCC1C(F)(F)F. The molecular weight excluding hydrogens is 267 g/mol. The van der Waals surface area contributed by atoms with Crippen LogP contribution in [-0.2, 0) is 9.59 Å². The van der Waals surface area contributed by atoms with Gasteiger partial charge in [-0.3, -0.25) is 4.79 Å². The molecule has 1 saturated carbocycles. The van der Waals surface area contributed by atoms with Gasteiger partial charge in [-0.2, -0.15) is 13.2 Å². The molecule has 0 saturated heterocycles. The highest BCUT2D eigenvalue weighted by Crippen LogP contribution is 2.41. The zero-order valence-electron chi connectivity index (χ0n) is 10.1. The zero-order valence-corrected chi connectivity index (χ0v) is 10.1. The quantitative estimate of drug-likeness (QED) is 0.716. The van der Waals surface area contributed by atoms with Crippen molar-refractivity contribution in [2.24, 2.45) is 11.8 Å². The average Bonchev–Trinajstić information content (AvgIpc) is 2.34. The van der Waals surface area contributed by atoms with Gasteiger partial charge in [0.2, 0.25) is 5.91 Å². The van der Waals surface area contributed by atoms with Gasteiger partial charge >= 0.3 is 12.1 Å². The first kappa shape index (κ1) is 15.7. The summed E-state index contributed by atoms with van der Waals surface area (Å²) in [5.74, 6) is -5.27. The molecule has 3 atom stereocenters. The predicted molar refractivity (Wildman–Crippen MR) is 58.2 cm³/mol. The van der Waals surface area contributed by atoms with Gasteiger partial charge in [0.1, 0.15) is 0 Å². The summed E-state index contributed by atoms with van der Waals surface area (Å²) in [6.07, 6.45) is -5.26. The molecular formula is C11H16F3NO4. The molecule has 0 bridgehead atoms. The van der Waals surface area contributed by atoms with Crippen molar-refractivity contribution in [3.05, 3.63) is 0 Å². The number of carboxylic acids is 1. The smallest absolute Gasteiger partial charge is 0.392 e. The molecule has 0 aliphatic heterocycles. The van der Waals surface area contributed by atoms with Crippen molar-refractivity contribution in [3.63, 3.8) is 0 Å². The molecule has 0 radical (unpaired) electrons. The average molecular weight is 283 g/mol. The number of aliphatic carboxylic acids is 1. The second-order valence-electron chi connectivity index (χ2n) is 4.64. The van der Waals surface area contributed by atoms with E-state index in [-0.39, 0.29) is 12.8 Å². The molecule has 1 amide bonds. The Morgan fingerprint density at radius 2 is 1.84 bits per heavy atom. The van der Waals surface area contributed by atoms with Crippen molar-refractivity contribution in [2.45, 2.75) is 38.0 Å². The van der Waals surface area contributed by atoms with Crippen LogP contribution in [0.5, 0.6) is 0 Å². The lowest BCUT2D eigenvalue weighted by atomic mass is 9.78. The Hall–Kier alpha value is -1.31. The summed E-state index contributed by atoms with van der Waals surface area (Å²) in [6.45, 7) is -0.588. The van der Waals surface area contributed by atoms with Gasteiger partial charge in [0.15, 0.2) is 6.10 Å². The number of carbonyl (C=O) groups excluding carboxylic acids is 1. The number of rotatable bonds is 4. The van der Waals surface area contributed by atoms with E-state index in [0.29, 0.717) is 12.8 Å². The number of carbonyl (C=O) groups is 2. The van der Waals surface area contributed by atoms with Crippen LogP contribution in [0.1, 0.15) is 25.7 Å². The highest BCUT2D eigenvalue weighted by Gasteiger charge is 2.48. The van der Waals surface area contributed by atoms with Crippen molar-refractivity contribution in [1.82, 2.24) is 5.32 Å². The zero-order chi connectivity index (χ0) is 14.6. The van der Waals surface area contributed by atoms with E-state index < -0.39 is 42.5 Å². The number of hydrogen-bond donors (Lipinski definition) is 3. The van der Waals surface area contributed by atoms with Gasteiger partial charge in [-0.15, -0.1) is 0 Å². The first-order valence-corrected chi connectivity index (χ1v) is 5.98. The van der Waals surface area contributed by atoms with E-state index >= 15 is 0 Å². The Balaban J connectivity index is 2.60. The molecule has 19 heavy (non-hydrogen) atoms. The number of hydrogen-bond acceptors (Lipinski definition) is 3. The monoisotopic (exact) mass is 283 g/mol. The second-order valence-corrected chi connectivity index (χ2v) is 4.64. The van der Waals surface area contributed by atoms with Crippen LogP contribution in [0.2, 0.25) is 0 Å². The van der Waals surface area contributed by atoms with Crippen LogP contribution in [0.25, 0.3) is 0 Å². The summed E-state index contributed by atoms with van der Waals surface area (Å²) < 4.78 is 38.3. The van der Waals surface area contributed by atoms with E-state index in [4.69, 9.17) is 10.2 Å². The summed E-state index contributed by atoms with van der Waals surface area (Å²) in [5, 5.41) is 19.4. The molecule has 0 aromatic carbocycles. The Labute approximate surface area is 107 Å². The summed E-state index contributed by atoms with van der Waals surface area (Å²) in [7, 11) is 0. The third-order valence-corrected chi connectivity index (χ3v) is 3.28. The van der Waals surface area contributed by atoms with Crippen LogP contribution >= 0.6 is 0 Å². The number of alkyl halides is 3. The fourth-order valence-electron chi connectivity index (χ4n) is 2.25. The van der Waals surface area contributed by atoms with Gasteiger partial charge in [0.25, 0.3) is 0 Å². The Bertz CT molecular complexity index is 345. The van der Waals surface area contributed by atoms with E-state index in [9.17, 15) is 22.8 Å². The normalized spacial score (nSPS) is 25.7. The molecule has 3 N–H and O–H groups in total. The topological polar surface area (TPSA) is 86.6 Å². The number of nitrogens with one attached hydrogen (secondary N) is 1. The summed E-state index contributed by atoms with van der Waals surface area (Å²) >= 11 is 0. The predicted octanol–water partition coefficient (Wildman–Crippen LogP) is 0.917. The maximum Gasteiger partial charge on any atom is 0.392 e. The number of carboxylic acid groups (broad SMARTS) is 1. The van der Waals surface area contributed by atoms with Gasteiger partial charge in [0, 0.05) is 5.92 Å². The van der Waals surface area contributed by atoms with Gasteiger partial charge in [-0.1, -0.05) is 12.8 Å². The minimum absolute atomic E-state index is 0.0942. The molecule has 5 nitrogen and oxygen atoms in total. The molecule has 0 spiro atoms. The summed E-state index contributed by atoms with van der Waals surface area (Å²) in [6, 6.07) is 0. The fourth-order valence-corrected chi connectivity index (χ4v) is 2.25. The van der Waals surface area contributed by atoms with Crippen molar-refractivity contribution in [3.8, 4) is 0 Å². The number of halogens is 3. The van der Waals surface area contributed by atoms with E-state index in [1.54, 1.807) is 0 Å². The van der Waals surface area contributed by atoms with Crippen LogP contribution in [0.15, 0.2) is 0 Å². The van der Waals surface area contributed by atoms with Crippen LogP contribution in [0.3, 0.4) is 0 Å². The van der Waals surface area contributed by atoms with Crippen molar-refractivity contribution >= 4 is 11.9 Å². The summed E-state index contributed by atoms with van der Waals surface area (Å²) in [5.41, 5.74) is 0. The first-order valence-electron chi connectivity index (χ1n) is 5.98. The van der Waals surface area contributed by atoms with E-state index in [1.165, 1.54) is 0 Å². The first-order chi connectivity index (χ1) is 8.73. The van der Waals surface area contributed by atoms with Gasteiger partial charge in [0.05, 0.1) is 12.5 Å². The maximum atomic E-state index is 12.8. The Kier molecular flexibility index (Phi) is 5.16. The van der Waals surface area contributed by atoms with Gasteiger partial charge < -0.3 is 15.5 Å². The molecule has 0 heterocycles. The summed E-state index contributed by atoms with van der Waals surface area (Å²) in [4.78, 5) is 22.0. The fraction of sp³-hybridized carbons (Fsp3) is 0.818. The van der Waals surface area contributed by atoms with E-state index in [2.05, 4.69) is 5.32 Å². The molecule has 1 fully saturated rings. The van der Waals surface area contributed by atoms with Crippen LogP contribution in [-0.4, -0.2) is 40.9 Å². The van der Waals surface area contributed by atoms with Crippen LogP contribution in [0.4, 0.5) is 13.2 Å². The van der Waals surface area contributed by atoms with Crippen molar-refractivity contribution in [2.75, 3.05) is 6.54 Å². The Morgan fingerprint density at radius 3 is 2.37 bits per heavy atom. The van der Waals surface area contributed by atoms with E-state index in [1.807, 2.05) is 0 Å². The lowest BCUT2D eigenvalue weighted by Crippen LogP contribution is -2.45. The molecule has 8 heteroatoms. The van der Waals surface area contributed by atoms with Gasteiger partial charge in [-0.25, -0.2) is 4.79 Å². The molecule has 3 unspecified atom stereocenters. The highest BCUT2D eigenvalue weighted by atomic mass is 19.4. The number of amides is 1. The minimum Gasteiger partial charge on any atom is -0.479 e. The molecule has 1 rings (SSSR count). The molecule has 110 valence electrons. The van der Waals surface area contributed by atoms with Crippen molar-refractivity contribution in [1.29, 1.82) is 0 Å². The van der Waals surface area contributed by atoms with Crippen molar-refractivity contribution < 1.29 is 33.0 Å². The second kappa shape index (κ2) is 6.23. The van der Waals surface area contributed by atoms with Gasteiger partial charge in [-0.05, 0) is 12.8 Å². The van der Waals surface area contributed by atoms with Crippen LogP contribution in [0, 0.1) is 11.8 Å². The number of aliphatic hydroxyl groups excluding tert-OH is 1. The lowest BCUT2D eigenvalue weighted by Gasteiger charge is -2.32. The molecule has 1 aliphatic rings. The Morgan fingerprint density at radius 1 is 1.26 bits per heavy atom. The molecule has 0 aromatic rings. The highest BCUT2D eigenvalue weighted by molar-refractivity contribution is 5.80. The van der Waals surface area contributed by atoms with Crippen LogP contribution < -0.4 is 5.32 Å². The van der Waals surface area contributed by atoms with E-state index in [0.717, 1.165) is 0 Å². The largest absolute Gasteiger partial charge is 0.479 e. The lowest BCUT2D eigenvalue weighted by molar-refractivity contribution is -0.198. The third kappa shape index (κ3) is 4.38. The number of aliphatic hydroxyl groups is 1. The maximum absolute atomic E-state index is 12.8. The standard InChI is InChI=1S/C11H16F3NO4/c12-11(13,14)7-4-2-1-3-6(7)9(17)15-5-8(16)10(18)19/h6-8,16H,1-5H2,(H,15,17)(H,18,19). The minimum atomic E-state index is -4.44. The molecule has 0 aromatic heterocycles.